The Labute approximate surface area is 131 Å². The normalized spacial score (nSPS) is 18.9. The summed E-state index contributed by atoms with van der Waals surface area (Å²) in [6.07, 6.45) is 7.01. The first-order valence-corrected chi connectivity index (χ1v) is 7.83. The molecule has 0 saturated carbocycles. The van der Waals surface area contributed by atoms with E-state index in [1.165, 1.54) is 17.0 Å². The Bertz CT molecular complexity index is 630. The lowest BCUT2D eigenvalue weighted by Crippen LogP contribution is -2.43. The number of fused-ring (bicyclic) bond motifs is 1. The van der Waals surface area contributed by atoms with Gasteiger partial charge in [-0.25, -0.2) is 4.98 Å². The lowest BCUT2D eigenvalue weighted by Gasteiger charge is -2.34. The molecule has 3 rings (SSSR count). The van der Waals surface area contributed by atoms with Crippen LogP contribution in [-0.4, -0.2) is 44.0 Å². The Hall–Kier alpha value is -1.66. The highest BCUT2D eigenvalue weighted by Crippen LogP contribution is 2.24. The molecule has 0 amide bonds. The van der Waals surface area contributed by atoms with E-state index < -0.39 is 0 Å². The third kappa shape index (κ3) is 2.94. The summed E-state index contributed by atoms with van der Waals surface area (Å²) in [5.74, 6) is 0. The molecular formula is C16H25N5O. The molecule has 0 radical (unpaired) electrons. The Kier molecular flexibility index (Phi) is 4.31. The standard InChI is InChI=1S/C16H25N5O/c1-12(2)21-8-13(6-18-21)7-20-9-15-16(19(3)11-17-15)5-14(20)10-22-4/h6,8,11-12,14H,5,7,9-10H2,1-4H3. The number of hydrogen-bond donors (Lipinski definition) is 0. The number of aromatic nitrogens is 4. The molecule has 0 aliphatic carbocycles. The van der Waals surface area contributed by atoms with Gasteiger partial charge in [0.25, 0.3) is 0 Å². The van der Waals surface area contributed by atoms with Gasteiger partial charge in [0.1, 0.15) is 0 Å². The fourth-order valence-electron chi connectivity index (χ4n) is 3.09. The average Bonchev–Trinajstić information content (AvgIpc) is 3.08. The second kappa shape index (κ2) is 6.22. The zero-order valence-corrected chi connectivity index (χ0v) is 13.9. The largest absolute Gasteiger partial charge is 0.383 e. The van der Waals surface area contributed by atoms with Crippen molar-refractivity contribution in [2.75, 3.05) is 13.7 Å². The topological polar surface area (TPSA) is 48.1 Å². The third-order valence-corrected chi connectivity index (χ3v) is 4.37. The van der Waals surface area contributed by atoms with Crippen LogP contribution >= 0.6 is 0 Å². The van der Waals surface area contributed by atoms with Crippen LogP contribution < -0.4 is 0 Å². The molecule has 2 aromatic heterocycles. The van der Waals surface area contributed by atoms with Crippen molar-refractivity contribution in [1.29, 1.82) is 0 Å². The minimum atomic E-state index is 0.385. The molecule has 0 N–H and O–H groups in total. The van der Waals surface area contributed by atoms with E-state index in [-0.39, 0.29) is 0 Å². The lowest BCUT2D eigenvalue weighted by atomic mass is 10.0. The summed E-state index contributed by atoms with van der Waals surface area (Å²) in [7, 11) is 3.84. The molecule has 0 spiro atoms. The smallest absolute Gasteiger partial charge is 0.0949 e. The average molecular weight is 303 g/mol. The highest BCUT2D eigenvalue weighted by molar-refractivity contribution is 5.19. The second-order valence-corrected chi connectivity index (χ2v) is 6.39. The number of rotatable bonds is 5. The number of ether oxygens (including phenoxy) is 1. The van der Waals surface area contributed by atoms with Crippen LogP contribution in [0.5, 0.6) is 0 Å². The van der Waals surface area contributed by atoms with E-state index in [0.29, 0.717) is 12.1 Å². The Morgan fingerprint density at radius 3 is 2.91 bits per heavy atom. The zero-order valence-electron chi connectivity index (χ0n) is 13.9. The summed E-state index contributed by atoms with van der Waals surface area (Å²) in [5, 5.41) is 4.44. The summed E-state index contributed by atoms with van der Waals surface area (Å²) in [4.78, 5) is 6.98. The number of hydrogen-bond acceptors (Lipinski definition) is 4. The molecule has 0 fully saturated rings. The van der Waals surface area contributed by atoms with Crippen LogP contribution in [0.4, 0.5) is 0 Å². The van der Waals surface area contributed by atoms with Crippen molar-refractivity contribution < 1.29 is 4.74 Å². The maximum absolute atomic E-state index is 5.43. The number of aryl methyl sites for hydroxylation is 1. The van der Waals surface area contributed by atoms with E-state index in [1.54, 1.807) is 7.11 Å². The fourth-order valence-corrected chi connectivity index (χ4v) is 3.09. The molecule has 6 heteroatoms. The van der Waals surface area contributed by atoms with Crippen molar-refractivity contribution in [3.8, 4) is 0 Å². The van der Waals surface area contributed by atoms with Crippen LogP contribution in [0.15, 0.2) is 18.7 Å². The first-order valence-electron chi connectivity index (χ1n) is 7.83. The molecular weight excluding hydrogens is 278 g/mol. The summed E-state index contributed by atoms with van der Waals surface area (Å²) < 4.78 is 9.57. The maximum Gasteiger partial charge on any atom is 0.0949 e. The molecule has 3 heterocycles. The highest BCUT2D eigenvalue weighted by atomic mass is 16.5. The van der Waals surface area contributed by atoms with Gasteiger partial charge in [0.15, 0.2) is 0 Å². The predicted octanol–water partition coefficient (Wildman–Crippen LogP) is 1.77. The molecule has 1 aliphatic rings. The summed E-state index contributed by atoms with van der Waals surface area (Å²) in [6, 6.07) is 0.780. The molecule has 0 aromatic carbocycles. The summed E-state index contributed by atoms with van der Waals surface area (Å²) >= 11 is 0. The van der Waals surface area contributed by atoms with Crippen LogP contribution in [0.25, 0.3) is 0 Å². The van der Waals surface area contributed by atoms with Gasteiger partial charge >= 0.3 is 0 Å². The van der Waals surface area contributed by atoms with Gasteiger partial charge in [0.05, 0.1) is 24.8 Å². The van der Waals surface area contributed by atoms with Crippen molar-refractivity contribution in [3.63, 3.8) is 0 Å². The van der Waals surface area contributed by atoms with Crippen molar-refractivity contribution >= 4 is 0 Å². The van der Waals surface area contributed by atoms with Gasteiger partial charge in [0.2, 0.25) is 0 Å². The van der Waals surface area contributed by atoms with Gasteiger partial charge < -0.3 is 9.30 Å². The summed E-state index contributed by atoms with van der Waals surface area (Å²) in [5.41, 5.74) is 3.76. The summed E-state index contributed by atoms with van der Waals surface area (Å²) in [6.45, 7) is 6.79. The van der Waals surface area contributed by atoms with E-state index in [0.717, 1.165) is 26.1 Å². The first-order chi connectivity index (χ1) is 10.6. The number of imidazole rings is 1. The van der Waals surface area contributed by atoms with E-state index in [4.69, 9.17) is 4.74 Å². The molecule has 0 saturated heterocycles. The monoisotopic (exact) mass is 303 g/mol. The molecule has 22 heavy (non-hydrogen) atoms. The SMILES string of the molecule is COCC1Cc2c(ncn2C)CN1Cc1cnn(C(C)C)c1. The molecule has 120 valence electrons. The van der Waals surface area contributed by atoms with Gasteiger partial charge in [-0.15, -0.1) is 0 Å². The minimum absolute atomic E-state index is 0.385. The number of methoxy groups -OCH3 is 1. The third-order valence-electron chi connectivity index (χ3n) is 4.37. The Morgan fingerprint density at radius 2 is 2.23 bits per heavy atom. The van der Waals surface area contributed by atoms with E-state index in [1.807, 2.05) is 17.2 Å². The number of nitrogens with zero attached hydrogens (tertiary/aromatic N) is 5. The molecule has 1 atom stereocenters. The lowest BCUT2D eigenvalue weighted by molar-refractivity contribution is 0.0700. The molecule has 1 unspecified atom stereocenters. The highest BCUT2D eigenvalue weighted by Gasteiger charge is 2.29. The fraction of sp³-hybridized carbons (Fsp3) is 0.625. The second-order valence-electron chi connectivity index (χ2n) is 6.39. The maximum atomic E-state index is 5.43. The van der Waals surface area contributed by atoms with Crippen molar-refractivity contribution in [2.45, 2.75) is 45.4 Å². The van der Waals surface area contributed by atoms with E-state index in [2.05, 4.69) is 46.6 Å². The van der Waals surface area contributed by atoms with E-state index >= 15 is 0 Å². The van der Waals surface area contributed by atoms with Gasteiger partial charge in [0, 0.05) is 63.2 Å². The molecule has 6 nitrogen and oxygen atoms in total. The van der Waals surface area contributed by atoms with Gasteiger partial charge in [-0.1, -0.05) is 0 Å². The van der Waals surface area contributed by atoms with Crippen molar-refractivity contribution in [1.82, 2.24) is 24.2 Å². The molecule has 1 aliphatic heterocycles. The zero-order chi connectivity index (χ0) is 15.7. The Morgan fingerprint density at radius 1 is 1.41 bits per heavy atom. The van der Waals surface area contributed by atoms with Crippen LogP contribution in [-0.2, 0) is 31.3 Å². The Balaban J connectivity index is 1.78. The van der Waals surface area contributed by atoms with Crippen LogP contribution in [0.1, 0.15) is 36.8 Å². The van der Waals surface area contributed by atoms with Crippen LogP contribution in [0.3, 0.4) is 0 Å². The van der Waals surface area contributed by atoms with Crippen molar-refractivity contribution in [3.05, 3.63) is 35.7 Å². The van der Waals surface area contributed by atoms with E-state index in [9.17, 15) is 0 Å². The first kappa shape index (κ1) is 15.2. The van der Waals surface area contributed by atoms with Gasteiger partial charge in [-0.05, 0) is 13.8 Å². The molecule has 0 bridgehead atoms. The minimum Gasteiger partial charge on any atom is -0.383 e. The molecule has 2 aromatic rings. The predicted molar refractivity (Wildman–Crippen MR) is 84.4 cm³/mol. The van der Waals surface area contributed by atoms with Crippen LogP contribution in [0, 0.1) is 0 Å². The quantitative estimate of drug-likeness (QED) is 0.844. The van der Waals surface area contributed by atoms with Gasteiger partial charge in [-0.3, -0.25) is 9.58 Å². The van der Waals surface area contributed by atoms with Gasteiger partial charge in [-0.2, -0.15) is 5.10 Å². The van der Waals surface area contributed by atoms with Crippen LogP contribution in [0.2, 0.25) is 0 Å². The van der Waals surface area contributed by atoms with Crippen molar-refractivity contribution in [2.24, 2.45) is 7.05 Å².